The second kappa shape index (κ2) is 3.96. The van der Waals surface area contributed by atoms with E-state index in [0.717, 1.165) is 11.5 Å². The van der Waals surface area contributed by atoms with Gasteiger partial charge in [-0.1, -0.05) is 23.2 Å². The molecule has 1 aromatic carbocycles. The largest absolute Gasteiger partial charge is 0.268 e. The smallest absolute Gasteiger partial charge is 0.266 e. The van der Waals surface area contributed by atoms with Gasteiger partial charge in [0.1, 0.15) is 10.2 Å². The highest BCUT2D eigenvalue weighted by Gasteiger charge is 2.07. The molecule has 0 spiro atoms. The first-order valence-electron chi connectivity index (χ1n) is 3.92. The summed E-state index contributed by atoms with van der Waals surface area (Å²) in [6.45, 7) is 0. The fourth-order valence-electron chi connectivity index (χ4n) is 1.11. The van der Waals surface area contributed by atoms with Crippen LogP contribution < -0.4 is 5.56 Å². The maximum atomic E-state index is 12.9. The molecule has 0 fully saturated rings. The lowest BCUT2D eigenvalue weighted by molar-refractivity contribution is 0.628. The minimum absolute atomic E-state index is 0.0241. The molecule has 78 valence electrons. The summed E-state index contributed by atoms with van der Waals surface area (Å²) in [7, 11) is 0. The highest BCUT2D eigenvalue weighted by molar-refractivity contribution is 7.11. The zero-order chi connectivity index (χ0) is 11.0. The molecule has 0 unspecified atom stereocenters. The Balaban J connectivity index is 2.59. The molecule has 0 bridgehead atoms. The Morgan fingerprint density at radius 3 is 2.53 bits per heavy atom. The van der Waals surface area contributed by atoms with Crippen LogP contribution in [0.4, 0.5) is 4.39 Å². The van der Waals surface area contributed by atoms with Crippen LogP contribution in [0.15, 0.2) is 29.1 Å². The summed E-state index contributed by atoms with van der Waals surface area (Å²) < 4.78 is 14.6. The molecule has 2 aromatic rings. The first-order chi connectivity index (χ1) is 7.08. The molecule has 0 aliphatic rings. The van der Waals surface area contributed by atoms with Gasteiger partial charge in [0.25, 0.3) is 5.56 Å². The Labute approximate surface area is 98.6 Å². The van der Waals surface area contributed by atoms with Gasteiger partial charge >= 0.3 is 0 Å². The van der Waals surface area contributed by atoms with E-state index in [-0.39, 0.29) is 10.6 Å². The van der Waals surface area contributed by atoms with Gasteiger partial charge in [-0.3, -0.25) is 4.79 Å². The maximum Gasteiger partial charge on any atom is 0.266 e. The number of nitrogens with zero attached hydrogens (tertiary/aromatic N) is 1. The Morgan fingerprint density at radius 1 is 1.27 bits per heavy atom. The van der Waals surface area contributed by atoms with Gasteiger partial charge in [0.15, 0.2) is 0 Å². The van der Waals surface area contributed by atoms with E-state index in [0.29, 0.717) is 10.0 Å². The minimum Gasteiger partial charge on any atom is -0.268 e. The minimum atomic E-state index is -0.517. The summed E-state index contributed by atoms with van der Waals surface area (Å²) in [4.78, 5) is 11.4. The molecule has 0 saturated heterocycles. The van der Waals surface area contributed by atoms with Crippen LogP contribution >= 0.6 is 34.7 Å². The van der Waals surface area contributed by atoms with Gasteiger partial charge in [0, 0.05) is 6.07 Å². The van der Waals surface area contributed by atoms with Gasteiger partial charge in [-0.2, -0.15) is 0 Å². The number of hydrogen-bond donors (Lipinski definition) is 0. The van der Waals surface area contributed by atoms with Gasteiger partial charge in [-0.15, -0.1) is 0 Å². The maximum absolute atomic E-state index is 12.9. The SMILES string of the molecule is O=c1cc(Cl)sn1-c1ccc(F)c(Cl)c1. The van der Waals surface area contributed by atoms with Crippen LogP contribution in [0, 0.1) is 5.82 Å². The fourth-order valence-corrected chi connectivity index (χ4v) is 2.27. The second-order valence-electron chi connectivity index (χ2n) is 2.77. The van der Waals surface area contributed by atoms with Crippen molar-refractivity contribution in [2.24, 2.45) is 0 Å². The van der Waals surface area contributed by atoms with Crippen LogP contribution in [0.2, 0.25) is 9.36 Å². The lowest BCUT2D eigenvalue weighted by Gasteiger charge is -2.01. The van der Waals surface area contributed by atoms with E-state index in [1.165, 1.54) is 28.2 Å². The molecule has 0 atom stereocenters. The van der Waals surface area contributed by atoms with Crippen LogP contribution in [-0.4, -0.2) is 3.96 Å². The van der Waals surface area contributed by atoms with Crippen molar-refractivity contribution in [3.63, 3.8) is 0 Å². The summed E-state index contributed by atoms with van der Waals surface area (Å²) in [6, 6.07) is 5.35. The average molecular weight is 264 g/mol. The Bertz CT molecular complexity index is 563. The average Bonchev–Trinajstić information content (AvgIpc) is 2.50. The molecule has 0 saturated carbocycles. The van der Waals surface area contributed by atoms with E-state index in [1.54, 1.807) is 0 Å². The summed E-state index contributed by atoms with van der Waals surface area (Å²) >= 11 is 12.4. The molecule has 2 nitrogen and oxygen atoms in total. The van der Waals surface area contributed by atoms with Crippen LogP contribution in [0.1, 0.15) is 0 Å². The van der Waals surface area contributed by atoms with Crippen molar-refractivity contribution in [3.05, 3.63) is 49.8 Å². The Kier molecular flexibility index (Phi) is 2.82. The third-order valence-corrected chi connectivity index (χ3v) is 3.22. The van der Waals surface area contributed by atoms with Crippen LogP contribution in [0.25, 0.3) is 5.69 Å². The first-order valence-corrected chi connectivity index (χ1v) is 5.45. The van der Waals surface area contributed by atoms with Crippen molar-refractivity contribution >= 4 is 34.7 Å². The van der Waals surface area contributed by atoms with Crippen LogP contribution in [-0.2, 0) is 0 Å². The standard InChI is InChI=1S/C9H4Cl2FNOS/c10-6-3-5(1-2-7(6)12)13-9(14)4-8(11)15-13/h1-4H. The molecular weight excluding hydrogens is 260 g/mol. The van der Waals surface area contributed by atoms with Crippen molar-refractivity contribution in [1.29, 1.82) is 0 Å². The number of halogens is 3. The predicted molar refractivity (Wildman–Crippen MR) is 59.9 cm³/mol. The van der Waals surface area contributed by atoms with Crippen molar-refractivity contribution in [3.8, 4) is 5.69 Å². The van der Waals surface area contributed by atoms with Gasteiger partial charge < -0.3 is 0 Å². The Morgan fingerprint density at radius 2 is 2.00 bits per heavy atom. The summed E-state index contributed by atoms with van der Waals surface area (Å²) in [6.07, 6.45) is 0. The molecule has 0 aliphatic heterocycles. The van der Waals surface area contributed by atoms with Crippen molar-refractivity contribution in [1.82, 2.24) is 3.96 Å². The highest BCUT2D eigenvalue weighted by Crippen LogP contribution is 2.21. The van der Waals surface area contributed by atoms with E-state index in [2.05, 4.69) is 0 Å². The van der Waals surface area contributed by atoms with E-state index in [1.807, 2.05) is 0 Å². The zero-order valence-corrected chi connectivity index (χ0v) is 9.54. The van der Waals surface area contributed by atoms with Crippen LogP contribution in [0.3, 0.4) is 0 Å². The molecule has 2 rings (SSSR count). The topological polar surface area (TPSA) is 22.0 Å². The Hall–Kier alpha value is -0.840. The number of hydrogen-bond acceptors (Lipinski definition) is 2. The normalized spacial score (nSPS) is 10.6. The molecule has 0 N–H and O–H groups in total. The summed E-state index contributed by atoms with van der Waals surface area (Å²) in [5, 5.41) is -0.0241. The number of rotatable bonds is 1. The summed E-state index contributed by atoms with van der Waals surface area (Å²) in [5.74, 6) is -0.517. The van der Waals surface area contributed by atoms with Crippen molar-refractivity contribution < 1.29 is 4.39 Å². The first kappa shape index (κ1) is 10.7. The summed E-state index contributed by atoms with van der Waals surface area (Å²) in [5.41, 5.74) is 0.246. The van der Waals surface area contributed by atoms with Gasteiger partial charge in [0.05, 0.1) is 10.7 Å². The van der Waals surface area contributed by atoms with E-state index >= 15 is 0 Å². The molecular formula is C9H4Cl2FNOS. The monoisotopic (exact) mass is 263 g/mol. The van der Waals surface area contributed by atoms with Gasteiger partial charge in [-0.25, -0.2) is 8.35 Å². The molecule has 1 heterocycles. The zero-order valence-electron chi connectivity index (χ0n) is 7.21. The molecule has 1 aromatic heterocycles. The lowest BCUT2D eigenvalue weighted by atomic mass is 10.3. The number of aromatic nitrogens is 1. The predicted octanol–water partition coefficient (Wildman–Crippen LogP) is 3.34. The third kappa shape index (κ3) is 2.07. The molecule has 0 aliphatic carbocycles. The second-order valence-corrected chi connectivity index (χ2v) is 4.80. The molecule has 6 heteroatoms. The molecule has 15 heavy (non-hydrogen) atoms. The highest BCUT2D eigenvalue weighted by atomic mass is 35.5. The van der Waals surface area contributed by atoms with Gasteiger partial charge in [-0.05, 0) is 29.7 Å². The number of benzene rings is 1. The molecule has 0 amide bonds. The van der Waals surface area contributed by atoms with Crippen molar-refractivity contribution in [2.45, 2.75) is 0 Å². The fraction of sp³-hybridized carbons (Fsp3) is 0. The van der Waals surface area contributed by atoms with Crippen LogP contribution in [0.5, 0.6) is 0 Å². The van der Waals surface area contributed by atoms with E-state index < -0.39 is 5.82 Å². The third-order valence-electron chi connectivity index (χ3n) is 1.75. The lowest BCUT2D eigenvalue weighted by Crippen LogP contribution is -2.09. The van der Waals surface area contributed by atoms with E-state index in [9.17, 15) is 9.18 Å². The quantitative estimate of drug-likeness (QED) is 0.774. The van der Waals surface area contributed by atoms with Crippen molar-refractivity contribution in [2.75, 3.05) is 0 Å². The van der Waals surface area contributed by atoms with Gasteiger partial charge in [0.2, 0.25) is 0 Å². The van der Waals surface area contributed by atoms with E-state index in [4.69, 9.17) is 23.2 Å². The molecule has 0 radical (unpaired) electrons.